The Labute approximate surface area is 206 Å². The lowest BCUT2D eigenvalue weighted by molar-refractivity contribution is -0.139. The molecule has 0 saturated heterocycles. The third-order valence-corrected chi connectivity index (χ3v) is 6.84. The Kier molecular flexibility index (Phi) is 10.2. The van der Waals surface area contributed by atoms with Crippen LogP contribution in [0.25, 0.3) is 0 Å². The first-order valence-electron chi connectivity index (χ1n) is 11.0. The minimum absolute atomic E-state index is 0.0566. The van der Waals surface area contributed by atoms with E-state index in [-0.39, 0.29) is 12.5 Å². The van der Waals surface area contributed by atoms with Gasteiger partial charge in [-0.1, -0.05) is 43.1 Å². The predicted molar refractivity (Wildman–Crippen MR) is 135 cm³/mol. The molecule has 0 bridgehead atoms. The van der Waals surface area contributed by atoms with Crippen molar-refractivity contribution in [2.24, 2.45) is 0 Å². The Hall–Kier alpha value is -2.78. The van der Waals surface area contributed by atoms with E-state index in [0.29, 0.717) is 28.6 Å². The lowest BCUT2D eigenvalue weighted by Gasteiger charge is -2.31. The van der Waals surface area contributed by atoms with Crippen LogP contribution in [0.1, 0.15) is 32.3 Å². The van der Waals surface area contributed by atoms with Gasteiger partial charge in [0, 0.05) is 18.1 Å². The second-order valence-corrected chi connectivity index (χ2v) is 10.2. The summed E-state index contributed by atoms with van der Waals surface area (Å²) in [6.07, 6.45) is 2.77. The summed E-state index contributed by atoms with van der Waals surface area (Å²) in [5.74, 6) is -0.287. The van der Waals surface area contributed by atoms with E-state index in [0.717, 1.165) is 23.4 Å². The Bertz CT molecular complexity index is 1080. The highest BCUT2D eigenvalue weighted by molar-refractivity contribution is 7.92. The van der Waals surface area contributed by atoms with Crippen molar-refractivity contribution in [2.45, 2.75) is 39.3 Å². The van der Waals surface area contributed by atoms with Crippen LogP contribution in [0, 0.1) is 0 Å². The molecule has 0 unspecified atom stereocenters. The third-order valence-electron chi connectivity index (χ3n) is 5.33. The van der Waals surface area contributed by atoms with Crippen molar-refractivity contribution < 1.29 is 22.7 Å². The normalized spacial score (nSPS) is 12.0. The summed E-state index contributed by atoms with van der Waals surface area (Å²) >= 11 is 6.31. The Morgan fingerprint density at radius 2 is 1.76 bits per heavy atom. The van der Waals surface area contributed by atoms with Gasteiger partial charge in [-0.05, 0) is 49.2 Å². The van der Waals surface area contributed by atoms with E-state index in [2.05, 4.69) is 5.32 Å². The molecular weight excluding hydrogens is 478 g/mol. The molecule has 2 rings (SSSR count). The number of amides is 2. The van der Waals surface area contributed by atoms with E-state index in [4.69, 9.17) is 16.3 Å². The number of hydrogen-bond donors (Lipinski definition) is 1. The molecule has 0 spiro atoms. The number of rotatable bonds is 12. The highest BCUT2D eigenvalue weighted by Crippen LogP contribution is 2.23. The smallest absolute Gasteiger partial charge is 0.244 e. The van der Waals surface area contributed by atoms with Crippen LogP contribution in [-0.2, 0) is 26.2 Å². The molecule has 0 radical (unpaired) electrons. The number of methoxy groups -OCH3 is 1. The number of carbonyl (C=O) groups is 2. The zero-order valence-electron chi connectivity index (χ0n) is 20.0. The summed E-state index contributed by atoms with van der Waals surface area (Å²) in [6, 6.07) is 12.5. The standard InChI is InChI=1S/C24H32ClN3O5S/c1-5-6-15-26-24(30)18(2)27(16-19-9-7-8-10-22(19)25)23(29)17-28(34(4,31)32)20-11-13-21(33-3)14-12-20/h7-14,18H,5-6,15-17H2,1-4H3,(H,26,30)/t18-/m1/s1. The molecule has 8 nitrogen and oxygen atoms in total. The number of nitrogens with zero attached hydrogens (tertiary/aromatic N) is 2. The average molecular weight is 510 g/mol. The van der Waals surface area contributed by atoms with Crippen LogP contribution in [0.4, 0.5) is 5.69 Å². The summed E-state index contributed by atoms with van der Waals surface area (Å²) in [4.78, 5) is 27.6. The van der Waals surface area contributed by atoms with E-state index < -0.39 is 28.5 Å². The molecule has 2 aromatic rings. The maximum Gasteiger partial charge on any atom is 0.244 e. The van der Waals surface area contributed by atoms with Crippen LogP contribution in [-0.4, -0.2) is 57.6 Å². The molecule has 0 fully saturated rings. The van der Waals surface area contributed by atoms with Gasteiger partial charge in [0.25, 0.3) is 0 Å². The first-order valence-corrected chi connectivity index (χ1v) is 13.2. The van der Waals surface area contributed by atoms with Gasteiger partial charge in [0.1, 0.15) is 18.3 Å². The molecule has 1 atom stereocenters. The SMILES string of the molecule is CCCCNC(=O)[C@@H](C)N(Cc1ccccc1Cl)C(=O)CN(c1ccc(OC)cc1)S(C)(=O)=O. The largest absolute Gasteiger partial charge is 0.497 e. The van der Waals surface area contributed by atoms with Crippen molar-refractivity contribution in [3.63, 3.8) is 0 Å². The van der Waals surface area contributed by atoms with Crippen LogP contribution in [0.3, 0.4) is 0 Å². The van der Waals surface area contributed by atoms with Crippen LogP contribution >= 0.6 is 11.6 Å². The van der Waals surface area contributed by atoms with Gasteiger partial charge in [0.2, 0.25) is 21.8 Å². The Morgan fingerprint density at radius 3 is 2.32 bits per heavy atom. The summed E-state index contributed by atoms with van der Waals surface area (Å²) in [7, 11) is -2.29. The van der Waals surface area contributed by atoms with Gasteiger partial charge in [-0.25, -0.2) is 8.42 Å². The fraction of sp³-hybridized carbons (Fsp3) is 0.417. The van der Waals surface area contributed by atoms with E-state index in [1.54, 1.807) is 55.5 Å². The molecule has 1 N–H and O–H groups in total. The molecule has 10 heteroatoms. The monoisotopic (exact) mass is 509 g/mol. The van der Waals surface area contributed by atoms with Crippen molar-refractivity contribution >= 4 is 39.1 Å². The van der Waals surface area contributed by atoms with Gasteiger partial charge in [-0.2, -0.15) is 0 Å². The molecular formula is C24H32ClN3O5S. The third kappa shape index (κ3) is 7.63. The van der Waals surface area contributed by atoms with Crippen molar-refractivity contribution in [1.29, 1.82) is 0 Å². The minimum Gasteiger partial charge on any atom is -0.497 e. The van der Waals surface area contributed by atoms with Crippen LogP contribution < -0.4 is 14.4 Å². The number of nitrogens with one attached hydrogen (secondary N) is 1. The fourth-order valence-electron chi connectivity index (χ4n) is 3.29. The van der Waals surface area contributed by atoms with Gasteiger partial charge < -0.3 is 15.0 Å². The number of sulfonamides is 1. The number of unbranched alkanes of at least 4 members (excludes halogenated alkanes) is 1. The Balaban J connectivity index is 2.35. The van der Waals surface area contributed by atoms with E-state index in [1.807, 2.05) is 6.92 Å². The molecule has 34 heavy (non-hydrogen) atoms. The molecule has 0 aromatic heterocycles. The number of carbonyl (C=O) groups excluding carboxylic acids is 2. The summed E-state index contributed by atoms with van der Waals surface area (Å²) in [6.45, 7) is 3.72. The number of anilines is 1. The first kappa shape index (κ1) is 27.5. The predicted octanol–water partition coefficient (Wildman–Crippen LogP) is 3.45. The number of hydrogen-bond acceptors (Lipinski definition) is 5. The molecule has 2 aromatic carbocycles. The zero-order chi connectivity index (χ0) is 25.3. The molecule has 2 amide bonds. The maximum absolute atomic E-state index is 13.5. The summed E-state index contributed by atoms with van der Waals surface area (Å²) < 4.78 is 31.3. The maximum atomic E-state index is 13.5. The van der Waals surface area contributed by atoms with Gasteiger partial charge in [-0.3, -0.25) is 13.9 Å². The van der Waals surface area contributed by atoms with E-state index >= 15 is 0 Å². The van der Waals surface area contributed by atoms with Crippen molar-refractivity contribution in [3.05, 3.63) is 59.1 Å². The van der Waals surface area contributed by atoms with Gasteiger partial charge in [-0.15, -0.1) is 0 Å². The first-order chi connectivity index (χ1) is 16.1. The second kappa shape index (κ2) is 12.6. The van der Waals surface area contributed by atoms with Gasteiger partial charge in [0.05, 0.1) is 19.1 Å². The van der Waals surface area contributed by atoms with Crippen molar-refractivity contribution in [3.8, 4) is 5.75 Å². The highest BCUT2D eigenvalue weighted by atomic mass is 35.5. The molecule has 0 aliphatic heterocycles. The highest BCUT2D eigenvalue weighted by Gasteiger charge is 2.30. The quantitative estimate of drug-likeness (QED) is 0.442. The Morgan fingerprint density at radius 1 is 1.12 bits per heavy atom. The van der Waals surface area contributed by atoms with Gasteiger partial charge >= 0.3 is 0 Å². The molecule has 0 aliphatic rings. The van der Waals surface area contributed by atoms with E-state index in [9.17, 15) is 18.0 Å². The molecule has 0 heterocycles. The molecule has 0 saturated carbocycles. The fourth-order valence-corrected chi connectivity index (χ4v) is 4.34. The lowest BCUT2D eigenvalue weighted by Crippen LogP contribution is -2.51. The molecule has 186 valence electrons. The summed E-state index contributed by atoms with van der Waals surface area (Å²) in [5, 5.41) is 3.29. The molecule has 0 aliphatic carbocycles. The second-order valence-electron chi connectivity index (χ2n) is 7.90. The van der Waals surface area contributed by atoms with E-state index in [1.165, 1.54) is 12.0 Å². The minimum atomic E-state index is -3.79. The summed E-state index contributed by atoms with van der Waals surface area (Å²) in [5.41, 5.74) is 0.968. The topological polar surface area (TPSA) is 96.0 Å². The number of ether oxygens (including phenoxy) is 1. The van der Waals surface area contributed by atoms with Crippen LogP contribution in [0.15, 0.2) is 48.5 Å². The lowest BCUT2D eigenvalue weighted by atomic mass is 10.1. The van der Waals surface area contributed by atoms with Gasteiger partial charge in [0.15, 0.2) is 0 Å². The van der Waals surface area contributed by atoms with Crippen LogP contribution in [0.2, 0.25) is 5.02 Å². The number of halogens is 1. The average Bonchev–Trinajstić information content (AvgIpc) is 2.81. The van der Waals surface area contributed by atoms with Crippen molar-refractivity contribution in [2.75, 3.05) is 30.8 Å². The zero-order valence-corrected chi connectivity index (χ0v) is 21.5. The number of benzene rings is 2. The van der Waals surface area contributed by atoms with Crippen molar-refractivity contribution in [1.82, 2.24) is 10.2 Å². The van der Waals surface area contributed by atoms with Crippen LogP contribution in [0.5, 0.6) is 5.75 Å².